The van der Waals surface area contributed by atoms with Crippen molar-refractivity contribution >= 4 is 6.03 Å². The highest BCUT2D eigenvalue weighted by atomic mass is 16.2. The molecular formula is C12H20N2O. The number of amides is 2. The van der Waals surface area contributed by atoms with Gasteiger partial charge in [0.15, 0.2) is 0 Å². The van der Waals surface area contributed by atoms with Crippen molar-refractivity contribution in [1.29, 1.82) is 0 Å². The maximum absolute atomic E-state index is 11.7. The molecule has 3 heteroatoms. The second-order valence-electron chi connectivity index (χ2n) is 4.66. The van der Waals surface area contributed by atoms with E-state index in [0.717, 1.165) is 25.9 Å². The zero-order valence-corrected chi connectivity index (χ0v) is 9.84. The highest BCUT2D eigenvalue weighted by molar-refractivity contribution is 5.76. The van der Waals surface area contributed by atoms with E-state index in [9.17, 15) is 4.79 Å². The Kier molecular flexibility index (Phi) is 2.72. The Morgan fingerprint density at radius 3 is 2.80 bits per heavy atom. The lowest BCUT2D eigenvalue weighted by Gasteiger charge is -2.43. The SMILES string of the molecule is CCC1CN2C(=O)NCCC2C(C)=C1C. The molecule has 2 heterocycles. The maximum atomic E-state index is 11.7. The molecule has 2 amide bonds. The van der Waals surface area contributed by atoms with Crippen LogP contribution in [0.2, 0.25) is 0 Å². The van der Waals surface area contributed by atoms with Crippen molar-refractivity contribution in [3.63, 3.8) is 0 Å². The Morgan fingerprint density at radius 2 is 2.13 bits per heavy atom. The van der Waals surface area contributed by atoms with E-state index in [1.807, 2.05) is 4.90 Å². The molecule has 0 radical (unpaired) electrons. The normalized spacial score (nSPS) is 31.4. The Bertz CT molecular complexity index is 309. The third kappa shape index (κ3) is 1.64. The summed E-state index contributed by atoms with van der Waals surface area (Å²) < 4.78 is 0. The zero-order chi connectivity index (χ0) is 11.0. The molecule has 0 aliphatic carbocycles. The quantitative estimate of drug-likeness (QED) is 0.658. The van der Waals surface area contributed by atoms with Gasteiger partial charge in [0.1, 0.15) is 0 Å². The molecule has 0 aromatic rings. The average Bonchev–Trinajstić information content (AvgIpc) is 2.24. The Hall–Kier alpha value is -0.990. The van der Waals surface area contributed by atoms with E-state index in [1.54, 1.807) is 0 Å². The predicted octanol–water partition coefficient (Wildman–Crippen LogP) is 2.15. The number of hydrogen-bond acceptors (Lipinski definition) is 1. The van der Waals surface area contributed by atoms with Crippen LogP contribution < -0.4 is 5.32 Å². The average molecular weight is 208 g/mol. The Morgan fingerprint density at radius 1 is 1.40 bits per heavy atom. The Balaban J connectivity index is 2.30. The number of carbonyl (C=O) groups excluding carboxylic acids is 1. The fraction of sp³-hybridized carbons (Fsp3) is 0.750. The number of urea groups is 1. The molecule has 1 fully saturated rings. The van der Waals surface area contributed by atoms with Crippen LogP contribution >= 0.6 is 0 Å². The molecule has 84 valence electrons. The summed E-state index contributed by atoms with van der Waals surface area (Å²) in [5, 5.41) is 2.93. The minimum absolute atomic E-state index is 0.122. The molecule has 2 atom stereocenters. The first kappa shape index (κ1) is 10.5. The van der Waals surface area contributed by atoms with Gasteiger partial charge in [-0.2, -0.15) is 0 Å². The van der Waals surface area contributed by atoms with E-state index in [-0.39, 0.29) is 6.03 Å². The van der Waals surface area contributed by atoms with Crippen LogP contribution in [0.15, 0.2) is 11.1 Å². The van der Waals surface area contributed by atoms with Crippen LogP contribution in [0.3, 0.4) is 0 Å². The summed E-state index contributed by atoms with van der Waals surface area (Å²) in [5.74, 6) is 0.560. The van der Waals surface area contributed by atoms with Gasteiger partial charge in [-0.3, -0.25) is 0 Å². The number of hydrogen-bond donors (Lipinski definition) is 1. The molecule has 0 aromatic carbocycles. The molecule has 1 saturated heterocycles. The fourth-order valence-corrected chi connectivity index (χ4v) is 2.77. The summed E-state index contributed by atoms with van der Waals surface area (Å²) in [7, 11) is 0. The molecule has 2 aliphatic heterocycles. The van der Waals surface area contributed by atoms with Gasteiger partial charge in [-0.15, -0.1) is 0 Å². The summed E-state index contributed by atoms with van der Waals surface area (Å²) in [6.45, 7) is 8.34. The van der Waals surface area contributed by atoms with Crippen LogP contribution in [0.4, 0.5) is 4.79 Å². The molecule has 2 rings (SSSR count). The van der Waals surface area contributed by atoms with Crippen LogP contribution in [-0.2, 0) is 0 Å². The monoisotopic (exact) mass is 208 g/mol. The van der Waals surface area contributed by atoms with Crippen LogP contribution in [0.1, 0.15) is 33.6 Å². The summed E-state index contributed by atoms with van der Waals surface area (Å²) in [5.41, 5.74) is 2.93. The number of carbonyl (C=O) groups is 1. The van der Waals surface area contributed by atoms with Gasteiger partial charge in [-0.05, 0) is 32.6 Å². The molecule has 3 nitrogen and oxygen atoms in total. The first-order valence-corrected chi connectivity index (χ1v) is 5.86. The van der Waals surface area contributed by atoms with Crippen LogP contribution in [0.5, 0.6) is 0 Å². The van der Waals surface area contributed by atoms with Crippen molar-refractivity contribution in [1.82, 2.24) is 10.2 Å². The lowest BCUT2D eigenvalue weighted by Crippen LogP contribution is -2.56. The third-order valence-corrected chi connectivity index (χ3v) is 3.98. The predicted molar refractivity (Wildman–Crippen MR) is 60.7 cm³/mol. The van der Waals surface area contributed by atoms with Gasteiger partial charge < -0.3 is 10.2 Å². The lowest BCUT2D eigenvalue weighted by atomic mass is 9.84. The molecule has 15 heavy (non-hydrogen) atoms. The molecule has 2 aliphatic rings. The first-order valence-electron chi connectivity index (χ1n) is 5.86. The van der Waals surface area contributed by atoms with Crippen molar-refractivity contribution in [3.8, 4) is 0 Å². The van der Waals surface area contributed by atoms with Crippen LogP contribution in [-0.4, -0.2) is 30.1 Å². The summed E-state index contributed by atoms with van der Waals surface area (Å²) in [4.78, 5) is 13.7. The van der Waals surface area contributed by atoms with E-state index in [4.69, 9.17) is 0 Å². The van der Waals surface area contributed by atoms with Crippen molar-refractivity contribution < 1.29 is 4.79 Å². The second-order valence-corrected chi connectivity index (χ2v) is 4.66. The van der Waals surface area contributed by atoms with Crippen molar-refractivity contribution in [2.75, 3.05) is 13.1 Å². The summed E-state index contributed by atoms with van der Waals surface area (Å²) >= 11 is 0. The molecule has 0 spiro atoms. The van der Waals surface area contributed by atoms with Gasteiger partial charge in [0.25, 0.3) is 0 Å². The summed E-state index contributed by atoms with van der Waals surface area (Å²) in [6, 6.07) is 0.484. The fourth-order valence-electron chi connectivity index (χ4n) is 2.77. The number of fused-ring (bicyclic) bond motifs is 1. The third-order valence-electron chi connectivity index (χ3n) is 3.98. The van der Waals surface area contributed by atoms with Gasteiger partial charge in [0, 0.05) is 13.1 Å². The van der Waals surface area contributed by atoms with Crippen molar-refractivity contribution in [2.24, 2.45) is 5.92 Å². The van der Waals surface area contributed by atoms with Crippen LogP contribution in [0.25, 0.3) is 0 Å². The maximum Gasteiger partial charge on any atom is 0.317 e. The first-order chi connectivity index (χ1) is 7.15. The molecule has 0 saturated carbocycles. The van der Waals surface area contributed by atoms with Gasteiger partial charge in [0.2, 0.25) is 0 Å². The van der Waals surface area contributed by atoms with E-state index < -0.39 is 0 Å². The number of nitrogens with one attached hydrogen (secondary N) is 1. The minimum Gasteiger partial charge on any atom is -0.338 e. The standard InChI is InChI=1S/C12H20N2O/c1-4-10-7-14-11(9(3)8(10)2)5-6-13-12(14)15/h10-11H,4-7H2,1-3H3,(H,13,15). The van der Waals surface area contributed by atoms with E-state index in [2.05, 4.69) is 26.1 Å². The van der Waals surface area contributed by atoms with Crippen molar-refractivity contribution in [2.45, 2.75) is 39.7 Å². The molecule has 0 bridgehead atoms. The molecule has 1 N–H and O–H groups in total. The number of nitrogens with zero attached hydrogens (tertiary/aromatic N) is 1. The highest BCUT2D eigenvalue weighted by Gasteiger charge is 2.35. The Labute approximate surface area is 91.5 Å². The molecule has 2 unspecified atom stereocenters. The van der Waals surface area contributed by atoms with Gasteiger partial charge in [-0.1, -0.05) is 18.1 Å². The molecule has 0 aromatic heterocycles. The molecular weight excluding hydrogens is 188 g/mol. The van der Waals surface area contributed by atoms with E-state index in [1.165, 1.54) is 11.1 Å². The van der Waals surface area contributed by atoms with E-state index in [0.29, 0.717) is 12.0 Å². The lowest BCUT2D eigenvalue weighted by molar-refractivity contribution is 0.147. The number of rotatable bonds is 1. The van der Waals surface area contributed by atoms with E-state index >= 15 is 0 Å². The smallest absolute Gasteiger partial charge is 0.317 e. The van der Waals surface area contributed by atoms with Gasteiger partial charge >= 0.3 is 6.03 Å². The van der Waals surface area contributed by atoms with Crippen LogP contribution in [0, 0.1) is 5.92 Å². The van der Waals surface area contributed by atoms with Gasteiger partial charge in [-0.25, -0.2) is 4.79 Å². The largest absolute Gasteiger partial charge is 0.338 e. The second kappa shape index (κ2) is 3.87. The minimum atomic E-state index is 0.122. The van der Waals surface area contributed by atoms with Crippen molar-refractivity contribution in [3.05, 3.63) is 11.1 Å². The zero-order valence-electron chi connectivity index (χ0n) is 9.84. The highest BCUT2D eigenvalue weighted by Crippen LogP contribution is 2.32. The summed E-state index contributed by atoms with van der Waals surface area (Å²) in [6.07, 6.45) is 2.19. The van der Waals surface area contributed by atoms with Gasteiger partial charge in [0.05, 0.1) is 6.04 Å². The topological polar surface area (TPSA) is 32.3 Å².